The van der Waals surface area contributed by atoms with E-state index in [0.29, 0.717) is 31.3 Å². The quantitative estimate of drug-likeness (QED) is 0.227. The normalized spacial score (nSPS) is 10.8. The minimum atomic E-state index is -0.0757. The fraction of sp³-hybridized carbons (Fsp3) is 0.519. The van der Waals surface area contributed by atoms with E-state index in [1.54, 1.807) is 0 Å². The number of benzene rings is 2. The van der Waals surface area contributed by atoms with Crippen molar-refractivity contribution in [2.24, 2.45) is 0 Å². The third-order valence-corrected chi connectivity index (χ3v) is 6.48. The van der Waals surface area contributed by atoms with Crippen molar-refractivity contribution >= 4 is 19.4 Å². The van der Waals surface area contributed by atoms with Gasteiger partial charge < -0.3 is 14.2 Å². The fourth-order valence-electron chi connectivity index (χ4n) is 3.34. The summed E-state index contributed by atoms with van der Waals surface area (Å²) in [7, 11) is -0.0757. The molecule has 176 valence electrons. The molecule has 0 aliphatic carbocycles. The van der Waals surface area contributed by atoms with Crippen molar-refractivity contribution in [1.29, 1.82) is 0 Å². The van der Waals surface area contributed by atoms with E-state index in [2.05, 4.69) is 20.8 Å². The molecule has 0 amide bonds. The van der Waals surface area contributed by atoms with Crippen LogP contribution in [0.4, 0.5) is 0 Å². The zero-order chi connectivity index (χ0) is 23.3. The Balaban J connectivity index is 0.00000544. The molecule has 4 nitrogen and oxygen atoms in total. The Bertz CT molecular complexity index is 818. The smallest absolute Gasteiger partial charge is 0.493 e. The topological polar surface area (TPSA) is 44.8 Å². The van der Waals surface area contributed by atoms with Crippen LogP contribution in [0.1, 0.15) is 80.8 Å². The van der Waals surface area contributed by atoms with E-state index in [9.17, 15) is 4.79 Å². The average molecular weight is 466 g/mol. The van der Waals surface area contributed by atoms with Gasteiger partial charge in [-0.2, -0.15) is 0 Å². The van der Waals surface area contributed by atoms with Gasteiger partial charge in [-0.3, -0.25) is 4.79 Å². The summed E-state index contributed by atoms with van der Waals surface area (Å²) >= 11 is 0. The Morgan fingerprint density at radius 2 is 1.24 bits per heavy atom. The zero-order valence-electron chi connectivity index (χ0n) is 21.4. The first-order valence-electron chi connectivity index (χ1n) is 12.0. The van der Waals surface area contributed by atoms with Gasteiger partial charge in [0.05, 0.1) is 25.1 Å². The van der Waals surface area contributed by atoms with Crippen molar-refractivity contribution in [1.82, 2.24) is 0 Å². The van der Waals surface area contributed by atoms with Crippen molar-refractivity contribution in [2.75, 3.05) is 19.8 Å². The summed E-state index contributed by atoms with van der Waals surface area (Å²) in [6.45, 7) is 12.3. The second-order valence-corrected chi connectivity index (χ2v) is 9.33. The van der Waals surface area contributed by atoms with Crippen LogP contribution < -0.4 is 38.4 Å². The monoisotopic (exact) mass is 465 g/mol. The second-order valence-electron chi connectivity index (χ2n) is 8.12. The van der Waals surface area contributed by atoms with E-state index >= 15 is 0 Å². The van der Waals surface area contributed by atoms with E-state index in [-0.39, 0.29) is 33.0 Å². The molecule has 0 radical (unpaired) electrons. The largest absolute Gasteiger partial charge is 1.00 e. The van der Waals surface area contributed by atoms with Crippen LogP contribution in [-0.4, -0.2) is 25.3 Å². The standard InChI is InChI=1S/C27H39O4P.Li/c1-6-9-15-29-22-18-23(30-16-10-7-2)26(24(19-22)31-17-11-8-3)32-27(28)25-20(4)13-12-14-21(25)5;/h12-14,18-19,32H,6-11,15-17H2,1-5H3;/q;+1. The van der Waals surface area contributed by atoms with Gasteiger partial charge in [0, 0.05) is 17.7 Å². The number of rotatable bonds is 15. The van der Waals surface area contributed by atoms with Crippen molar-refractivity contribution < 1.29 is 37.9 Å². The average Bonchev–Trinajstić information content (AvgIpc) is 2.76. The summed E-state index contributed by atoms with van der Waals surface area (Å²) < 4.78 is 18.3. The van der Waals surface area contributed by atoms with Gasteiger partial charge in [0.1, 0.15) is 17.2 Å². The molecule has 0 bridgehead atoms. The maximum absolute atomic E-state index is 13.4. The molecule has 0 fully saturated rings. The molecule has 33 heavy (non-hydrogen) atoms. The van der Waals surface area contributed by atoms with Crippen LogP contribution in [0.3, 0.4) is 0 Å². The number of hydrogen-bond donors (Lipinski definition) is 0. The molecule has 0 aliphatic rings. The molecule has 0 N–H and O–H groups in total. The van der Waals surface area contributed by atoms with Crippen LogP contribution in [0, 0.1) is 13.8 Å². The Morgan fingerprint density at radius 1 is 0.788 bits per heavy atom. The fourth-order valence-corrected chi connectivity index (χ4v) is 4.62. The first-order valence-corrected chi connectivity index (χ1v) is 13.0. The number of unbranched alkanes of at least 4 members (excludes halogenated alkanes) is 3. The third-order valence-electron chi connectivity index (χ3n) is 5.26. The number of aryl methyl sites for hydroxylation is 2. The molecule has 2 aromatic rings. The first-order chi connectivity index (χ1) is 15.5. The molecule has 0 saturated carbocycles. The maximum atomic E-state index is 13.4. The summed E-state index contributed by atoms with van der Waals surface area (Å²) in [6, 6.07) is 9.83. The van der Waals surface area contributed by atoms with Crippen molar-refractivity contribution in [2.45, 2.75) is 73.1 Å². The maximum Gasteiger partial charge on any atom is 1.00 e. The van der Waals surface area contributed by atoms with Gasteiger partial charge in [-0.1, -0.05) is 58.2 Å². The predicted octanol–water partition coefficient (Wildman–Crippen LogP) is 3.99. The van der Waals surface area contributed by atoms with Gasteiger partial charge in [0.15, 0.2) is 5.52 Å². The van der Waals surface area contributed by atoms with Crippen LogP contribution in [0.15, 0.2) is 30.3 Å². The molecule has 0 saturated heterocycles. The van der Waals surface area contributed by atoms with Crippen LogP contribution in [0.2, 0.25) is 0 Å². The van der Waals surface area contributed by atoms with Gasteiger partial charge in [-0.25, -0.2) is 0 Å². The van der Waals surface area contributed by atoms with E-state index < -0.39 is 0 Å². The first kappa shape index (κ1) is 29.6. The Labute approximate surface area is 214 Å². The van der Waals surface area contributed by atoms with Gasteiger partial charge >= 0.3 is 18.9 Å². The van der Waals surface area contributed by atoms with E-state index in [1.165, 1.54) is 0 Å². The molecule has 0 aromatic heterocycles. The van der Waals surface area contributed by atoms with Crippen molar-refractivity contribution in [3.63, 3.8) is 0 Å². The molecule has 0 aliphatic heterocycles. The Morgan fingerprint density at radius 3 is 1.70 bits per heavy atom. The minimum Gasteiger partial charge on any atom is -0.493 e. The second kappa shape index (κ2) is 16.2. The van der Waals surface area contributed by atoms with Crippen LogP contribution >= 0.6 is 8.58 Å². The molecule has 0 spiro atoms. The molecule has 1 atom stereocenters. The van der Waals surface area contributed by atoms with Crippen LogP contribution in [0.25, 0.3) is 0 Å². The summed E-state index contributed by atoms with van der Waals surface area (Å²) in [4.78, 5) is 13.4. The molecule has 1 unspecified atom stereocenters. The Hall–Kier alpha value is -1.46. The van der Waals surface area contributed by atoms with Crippen molar-refractivity contribution in [3.05, 3.63) is 47.0 Å². The SMILES string of the molecule is CCCCOc1cc(OCCCC)c(PC(=O)c2c(C)cccc2C)c(OCCCC)c1.[Li+]. The van der Waals surface area contributed by atoms with E-state index in [1.807, 2.05) is 44.2 Å². The minimum absolute atomic E-state index is 0. The summed E-state index contributed by atoms with van der Waals surface area (Å²) in [5.74, 6) is 2.15. The number of hydrogen-bond acceptors (Lipinski definition) is 4. The van der Waals surface area contributed by atoms with E-state index in [0.717, 1.165) is 66.3 Å². The van der Waals surface area contributed by atoms with E-state index in [4.69, 9.17) is 14.2 Å². The number of ether oxygens (including phenoxy) is 3. The summed E-state index contributed by atoms with van der Waals surface area (Å²) in [6.07, 6.45) is 6.08. The molecule has 2 aromatic carbocycles. The number of carbonyl (C=O) groups excluding carboxylic acids is 1. The van der Waals surface area contributed by atoms with Gasteiger partial charge in [0.2, 0.25) is 0 Å². The van der Waals surface area contributed by atoms with Gasteiger partial charge in [0.25, 0.3) is 0 Å². The molecule has 6 heteroatoms. The van der Waals surface area contributed by atoms with Crippen molar-refractivity contribution in [3.8, 4) is 17.2 Å². The zero-order valence-corrected chi connectivity index (χ0v) is 22.4. The van der Waals surface area contributed by atoms with Crippen LogP contribution in [-0.2, 0) is 0 Å². The van der Waals surface area contributed by atoms with Crippen LogP contribution in [0.5, 0.6) is 17.2 Å². The van der Waals surface area contributed by atoms with Gasteiger partial charge in [-0.05, 0) is 52.8 Å². The molecular formula is C27H39LiO4P+. The third kappa shape index (κ3) is 9.36. The molecule has 2 rings (SSSR count). The summed E-state index contributed by atoms with van der Waals surface area (Å²) in [5.41, 5.74) is 2.92. The number of carbonyl (C=O) groups is 1. The van der Waals surface area contributed by atoms with Gasteiger partial charge in [-0.15, -0.1) is 0 Å². The predicted molar refractivity (Wildman–Crippen MR) is 136 cm³/mol. The molecular weight excluding hydrogens is 426 g/mol. The summed E-state index contributed by atoms with van der Waals surface area (Å²) in [5, 5.41) is 0.840. The molecule has 0 heterocycles. The Kier molecular flexibility index (Phi) is 14.5.